The fourth-order valence-corrected chi connectivity index (χ4v) is 9.88. The first-order chi connectivity index (χ1) is 21.7. The van der Waals surface area contributed by atoms with Crippen LogP contribution >= 0.6 is 0 Å². The number of aliphatic hydroxyl groups excluding tert-OH is 1. The van der Waals surface area contributed by atoms with Gasteiger partial charge in [-0.1, -0.05) is 30.6 Å². The quantitative estimate of drug-likeness (QED) is 0.118. The number of carbonyl (C=O) groups is 3. The highest BCUT2D eigenvalue weighted by Crippen LogP contribution is 2.62. The van der Waals surface area contributed by atoms with E-state index in [0.717, 1.165) is 82.9 Å². The number of nitrogens with two attached hydrogens (primary N) is 3. The molecule has 0 bridgehead atoms. The molecule has 9 heteroatoms. The van der Waals surface area contributed by atoms with Crippen LogP contribution in [0.25, 0.3) is 0 Å². The molecule has 4 aliphatic carbocycles. The van der Waals surface area contributed by atoms with Crippen molar-refractivity contribution in [3.63, 3.8) is 0 Å². The SMILES string of the molecule is CC[NH2+]C1CC2C=CCCC2CC1COC(=O)C12OC1(CC(CO)=C(C)CCC1CC[NH2+]C(N)C1)C(=O)C1CCCCC1C2=O. The molecule has 2 saturated heterocycles. The first-order valence-corrected chi connectivity index (χ1v) is 18.1. The van der Waals surface area contributed by atoms with Gasteiger partial charge in [0.2, 0.25) is 0 Å². The Bertz CT molecular complexity index is 1200. The molecule has 7 N–H and O–H groups in total. The minimum atomic E-state index is -1.88. The Hall–Kier alpha value is -1.91. The van der Waals surface area contributed by atoms with Crippen LogP contribution in [0.2, 0.25) is 0 Å². The van der Waals surface area contributed by atoms with Gasteiger partial charge >= 0.3 is 5.97 Å². The highest BCUT2D eigenvalue weighted by atomic mass is 16.7. The maximum Gasteiger partial charge on any atom is 0.350 e. The van der Waals surface area contributed by atoms with Crippen molar-refractivity contribution < 1.29 is 39.6 Å². The van der Waals surface area contributed by atoms with Gasteiger partial charge in [-0.2, -0.15) is 0 Å². The normalized spacial score (nSPS) is 41.4. The number of hydrogen-bond donors (Lipinski definition) is 4. The summed E-state index contributed by atoms with van der Waals surface area (Å²) in [7, 11) is 0. The summed E-state index contributed by atoms with van der Waals surface area (Å²) >= 11 is 0. The maximum atomic E-state index is 14.3. The summed E-state index contributed by atoms with van der Waals surface area (Å²) in [6, 6.07) is 0.351. The van der Waals surface area contributed by atoms with E-state index in [4.69, 9.17) is 15.2 Å². The predicted molar refractivity (Wildman–Crippen MR) is 168 cm³/mol. The van der Waals surface area contributed by atoms with Crippen LogP contribution in [0, 0.1) is 35.5 Å². The van der Waals surface area contributed by atoms with E-state index in [1.165, 1.54) is 0 Å². The second-order valence-electron chi connectivity index (χ2n) is 15.2. The Kier molecular flexibility index (Phi) is 10.0. The molecule has 9 nitrogen and oxygen atoms in total. The number of hydrogen-bond acceptors (Lipinski definition) is 7. The number of aliphatic hydroxyl groups is 1. The zero-order valence-corrected chi connectivity index (χ0v) is 27.5. The monoisotopic (exact) mass is 627 g/mol. The van der Waals surface area contributed by atoms with Crippen LogP contribution in [0.3, 0.4) is 0 Å². The van der Waals surface area contributed by atoms with Gasteiger partial charge in [0.1, 0.15) is 6.17 Å². The molecule has 0 aromatic heterocycles. The standard InChI is InChI=1S/C36H55N3O6/c1-3-38-30-18-25-9-5-4-8-24(25)17-26(30)21-44-34(43)36-33(42)29-11-7-6-10-28(29)32(41)35(36,45-36)19-27(20-40)22(2)12-13-23-14-15-39-31(37)16-23/h5,9,23-26,28-31,38-40H,3-4,6-8,10-21,37H2,1-2H3/p+2. The minimum Gasteiger partial charge on any atom is -0.463 e. The molecule has 0 aromatic rings. The lowest BCUT2D eigenvalue weighted by Gasteiger charge is -2.40. The number of fused-ring (bicyclic) bond motifs is 3. The third-order valence-corrected chi connectivity index (χ3v) is 12.6. The van der Waals surface area contributed by atoms with Crippen LogP contribution in [0.5, 0.6) is 0 Å². The van der Waals surface area contributed by atoms with Gasteiger partial charge in [-0.3, -0.25) is 15.3 Å². The van der Waals surface area contributed by atoms with E-state index in [0.29, 0.717) is 42.2 Å². The van der Waals surface area contributed by atoms with Gasteiger partial charge < -0.3 is 25.2 Å². The minimum absolute atomic E-state index is 0.0714. The molecule has 2 heterocycles. The lowest BCUT2D eigenvalue weighted by atomic mass is 9.60. The largest absolute Gasteiger partial charge is 0.463 e. The van der Waals surface area contributed by atoms with Crippen molar-refractivity contribution in [2.24, 2.45) is 41.2 Å². The number of ketones is 2. The summed E-state index contributed by atoms with van der Waals surface area (Å²) in [4.78, 5) is 42.7. The number of carbonyl (C=O) groups excluding carboxylic acids is 3. The number of ether oxygens (including phenoxy) is 2. The van der Waals surface area contributed by atoms with Crippen LogP contribution in [0.15, 0.2) is 23.3 Å². The van der Waals surface area contributed by atoms with Crippen molar-refractivity contribution in [3.05, 3.63) is 23.3 Å². The van der Waals surface area contributed by atoms with Gasteiger partial charge in [-0.05, 0) is 88.5 Å². The number of quaternary nitrogens is 2. The molecule has 6 aliphatic rings. The highest BCUT2D eigenvalue weighted by Gasteiger charge is 2.87. The highest BCUT2D eigenvalue weighted by molar-refractivity contribution is 6.23. The Morgan fingerprint density at radius 1 is 1.13 bits per heavy atom. The number of rotatable bonds is 11. The number of epoxide rings is 1. The lowest BCUT2D eigenvalue weighted by Crippen LogP contribution is -2.94. The van der Waals surface area contributed by atoms with E-state index in [1.54, 1.807) is 0 Å². The molecule has 6 rings (SSSR count). The van der Waals surface area contributed by atoms with Crippen LogP contribution in [0.4, 0.5) is 0 Å². The summed E-state index contributed by atoms with van der Waals surface area (Å²) < 4.78 is 12.4. The molecule has 0 amide bonds. The van der Waals surface area contributed by atoms with E-state index >= 15 is 0 Å². The van der Waals surface area contributed by atoms with Crippen LogP contribution in [-0.2, 0) is 23.9 Å². The van der Waals surface area contributed by atoms with Crippen LogP contribution < -0.4 is 16.4 Å². The van der Waals surface area contributed by atoms with Gasteiger partial charge in [0.15, 0.2) is 17.2 Å². The van der Waals surface area contributed by atoms with Gasteiger partial charge in [-0.25, -0.2) is 4.79 Å². The van der Waals surface area contributed by atoms with E-state index in [-0.39, 0.29) is 43.3 Å². The fraction of sp³-hybridized carbons (Fsp3) is 0.806. The Balaban J connectivity index is 1.21. The Morgan fingerprint density at radius 2 is 1.91 bits per heavy atom. The third kappa shape index (κ3) is 6.13. The van der Waals surface area contributed by atoms with E-state index in [2.05, 4.69) is 29.7 Å². The first-order valence-electron chi connectivity index (χ1n) is 18.1. The van der Waals surface area contributed by atoms with E-state index < -0.39 is 29.0 Å². The number of allylic oxidation sites excluding steroid dienone is 3. The van der Waals surface area contributed by atoms with Gasteiger partial charge in [-0.15, -0.1) is 0 Å². The van der Waals surface area contributed by atoms with E-state index in [1.807, 2.05) is 6.92 Å². The maximum absolute atomic E-state index is 14.3. The molecule has 0 radical (unpaired) electrons. The van der Waals surface area contributed by atoms with Crippen LogP contribution in [-0.4, -0.2) is 72.4 Å². The molecule has 10 unspecified atom stereocenters. The van der Waals surface area contributed by atoms with Crippen molar-refractivity contribution in [3.8, 4) is 0 Å². The van der Waals surface area contributed by atoms with Crippen molar-refractivity contribution in [1.82, 2.24) is 0 Å². The summed E-state index contributed by atoms with van der Waals surface area (Å²) in [6.45, 7) is 6.15. The molecular formula is C36H57N3O6+2. The molecule has 0 aromatic carbocycles. The Labute approximate surface area is 268 Å². The third-order valence-electron chi connectivity index (χ3n) is 12.6. The average Bonchev–Trinajstić information content (AvgIpc) is 3.75. The first kappa shape index (κ1) is 33.0. The topological polar surface area (TPSA) is 152 Å². The molecule has 45 heavy (non-hydrogen) atoms. The predicted octanol–water partition coefficient (Wildman–Crippen LogP) is 1.68. The molecule has 10 atom stereocenters. The summed E-state index contributed by atoms with van der Waals surface area (Å²) in [5.41, 5.74) is 4.43. The molecule has 2 aliphatic heterocycles. The lowest BCUT2D eigenvalue weighted by molar-refractivity contribution is -0.699. The van der Waals surface area contributed by atoms with Crippen molar-refractivity contribution in [2.45, 2.75) is 121 Å². The zero-order chi connectivity index (χ0) is 31.8. The summed E-state index contributed by atoms with van der Waals surface area (Å²) in [5.74, 6) is -0.103. The molecule has 3 saturated carbocycles. The smallest absolute Gasteiger partial charge is 0.350 e. The van der Waals surface area contributed by atoms with Gasteiger partial charge in [0.25, 0.3) is 5.60 Å². The second kappa shape index (κ2) is 13.7. The number of esters is 1. The summed E-state index contributed by atoms with van der Waals surface area (Å²) in [5, 5.41) is 15.1. The Morgan fingerprint density at radius 3 is 2.64 bits per heavy atom. The summed E-state index contributed by atoms with van der Waals surface area (Å²) in [6.07, 6.45) is 16.1. The average molecular weight is 628 g/mol. The van der Waals surface area contributed by atoms with Gasteiger partial charge in [0.05, 0.1) is 32.3 Å². The number of Topliss-reactive ketones (excluding diaryl/α,β-unsaturated/α-hetero) is 2. The molecule has 0 spiro atoms. The molecular weight excluding hydrogens is 570 g/mol. The van der Waals surface area contributed by atoms with E-state index in [9.17, 15) is 19.5 Å². The molecule has 5 fully saturated rings. The van der Waals surface area contributed by atoms with Gasteiger partial charge in [0, 0.05) is 37.0 Å². The number of piperidine rings is 1. The molecule has 250 valence electrons. The van der Waals surface area contributed by atoms with Crippen LogP contribution in [0.1, 0.15) is 97.3 Å². The fourth-order valence-electron chi connectivity index (χ4n) is 9.88. The van der Waals surface area contributed by atoms with Crippen molar-refractivity contribution in [2.75, 3.05) is 26.3 Å². The zero-order valence-electron chi connectivity index (χ0n) is 27.5. The van der Waals surface area contributed by atoms with Crippen molar-refractivity contribution >= 4 is 17.5 Å². The second-order valence-corrected chi connectivity index (χ2v) is 15.2. The van der Waals surface area contributed by atoms with Crippen molar-refractivity contribution in [1.29, 1.82) is 0 Å².